The Labute approximate surface area is 155 Å². The van der Waals surface area contributed by atoms with Gasteiger partial charge in [0.25, 0.3) is 0 Å². The van der Waals surface area contributed by atoms with E-state index in [-0.39, 0.29) is 10.5 Å². The first kappa shape index (κ1) is 20.1. The number of rotatable bonds is 5. The smallest absolute Gasteiger partial charge is 0.215 e. The molecule has 0 bridgehead atoms. The van der Waals surface area contributed by atoms with E-state index >= 15 is 0 Å². The standard InChI is InChI=1S/C17H28N4O2S2/c1-17(2)13-21(8-9-24-17)16(18-3)20-11-14-6-5-7-15(10-14)12-25(22,23)19-4/h5-7,10,19H,8-9,11-13H2,1-4H3,(H,18,20). The Morgan fingerprint density at radius 1 is 1.36 bits per heavy atom. The van der Waals surface area contributed by atoms with Crippen molar-refractivity contribution in [2.45, 2.75) is 30.9 Å². The minimum atomic E-state index is -3.26. The van der Waals surface area contributed by atoms with Gasteiger partial charge in [-0.15, -0.1) is 0 Å². The van der Waals surface area contributed by atoms with Gasteiger partial charge in [0.2, 0.25) is 10.0 Å². The van der Waals surface area contributed by atoms with Crippen LogP contribution in [0.5, 0.6) is 0 Å². The number of guanidine groups is 1. The number of benzene rings is 1. The molecular formula is C17H28N4O2S2. The second-order valence-corrected chi connectivity index (χ2v) is 10.4. The van der Waals surface area contributed by atoms with Crippen LogP contribution < -0.4 is 10.0 Å². The summed E-state index contributed by atoms with van der Waals surface area (Å²) in [5.41, 5.74) is 1.81. The lowest BCUT2D eigenvalue weighted by Crippen LogP contribution is -2.50. The Morgan fingerprint density at radius 2 is 2.08 bits per heavy atom. The predicted octanol–water partition coefficient (Wildman–Crippen LogP) is 1.64. The summed E-state index contributed by atoms with van der Waals surface area (Å²) in [6.07, 6.45) is 0. The van der Waals surface area contributed by atoms with Gasteiger partial charge in [0.15, 0.2) is 5.96 Å². The number of nitrogens with one attached hydrogen (secondary N) is 2. The number of aliphatic imine (C=N–C) groups is 1. The highest BCUT2D eigenvalue weighted by atomic mass is 32.2. The number of hydrogen-bond donors (Lipinski definition) is 2. The molecule has 0 spiro atoms. The molecule has 0 aromatic heterocycles. The van der Waals surface area contributed by atoms with Crippen molar-refractivity contribution in [3.05, 3.63) is 35.4 Å². The summed E-state index contributed by atoms with van der Waals surface area (Å²) in [4.78, 5) is 6.69. The highest BCUT2D eigenvalue weighted by Gasteiger charge is 2.28. The quantitative estimate of drug-likeness (QED) is 0.596. The molecule has 1 fully saturated rings. The molecule has 0 atom stereocenters. The molecule has 2 N–H and O–H groups in total. The lowest BCUT2D eigenvalue weighted by atomic mass is 10.1. The van der Waals surface area contributed by atoms with Crippen LogP contribution in [0.25, 0.3) is 0 Å². The van der Waals surface area contributed by atoms with Crippen molar-refractivity contribution in [3.63, 3.8) is 0 Å². The Balaban J connectivity index is 2.00. The molecule has 0 saturated carbocycles. The molecular weight excluding hydrogens is 356 g/mol. The van der Waals surface area contributed by atoms with Gasteiger partial charge in [-0.05, 0) is 32.0 Å². The van der Waals surface area contributed by atoms with Crippen LogP contribution in [0, 0.1) is 0 Å². The molecule has 1 heterocycles. The first-order valence-corrected chi connectivity index (χ1v) is 11.0. The molecule has 1 aromatic carbocycles. The van der Waals surface area contributed by atoms with E-state index in [0.29, 0.717) is 6.54 Å². The van der Waals surface area contributed by atoms with E-state index in [2.05, 4.69) is 33.8 Å². The van der Waals surface area contributed by atoms with Gasteiger partial charge in [-0.3, -0.25) is 4.99 Å². The molecule has 1 aliphatic heterocycles. The SMILES string of the molecule is CN=C(NCc1cccc(CS(=O)(=O)NC)c1)N1CCSC(C)(C)C1. The van der Waals surface area contributed by atoms with E-state index in [1.807, 2.05) is 36.0 Å². The largest absolute Gasteiger partial charge is 0.352 e. The van der Waals surface area contributed by atoms with Gasteiger partial charge >= 0.3 is 0 Å². The number of hydrogen-bond acceptors (Lipinski definition) is 4. The average Bonchev–Trinajstić information content (AvgIpc) is 2.54. The zero-order valence-electron chi connectivity index (χ0n) is 15.4. The van der Waals surface area contributed by atoms with Crippen LogP contribution in [0.15, 0.2) is 29.3 Å². The summed E-state index contributed by atoms with van der Waals surface area (Å²) in [7, 11) is -0.0278. The van der Waals surface area contributed by atoms with Gasteiger partial charge in [0.05, 0.1) is 5.75 Å². The van der Waals surface area contributed by atoms with Crippen LogP contribution in [-0.2, 0) is 22.3 Å². The summed E-state index contributed by atoms with van der Waals surface area (Å²) < 4.78 is 26.0. The third-order valence-corrected chi connectivity index (χ3v) is 6.68. The third-order valence-electron chi connectivity index (χ3n) is 4.05. The topological polar surface area (TPSA) is 73.8 Å². The Kier molecular flexibility index (Phi) is 6.76. The van der Waals surface area contributed by atoms with Crippen molar-refractivity contribution < 1.29 is 8.42 Å². The second kappa shape index (κ2) is 8.42. The Bertz CT molecular complexity index is 717. The molecule has 1 saturated heterocycles. The van der Waals surface area contributed by atoms with Crippen LogP contribution in [0.3, 0.4) is 0 Å². The number of sulfonamides is 1. The van der Waals surface area contributed by atoms with Crippen molar-refractivity contribution >= 4 is 27.7 Å². The summed E-state index contributed by atoms with van der Waals surface area (Å²) in [6.45, 7) is 7.06. The zero-order valence-corrected chi connectivity index (χ0v) is 17.0. The molecule has 1 aromatic rings. The lowest BCUT2D eigenvalue weighted by molar-refractivity contribution is 0.375. The van der Waals surface area contributed by atoms with E-state index in [4.69, 9.17) is 0 Å². The summed E-state index contributed by atoms with van der Waals surface area (Å²) in [5.74, 6) is 1.97. The zero-order chi connectivity index (χ0) is 18.5. The maximum atomic E-state index is 11.7. The van der Waals surface area contributed by atoms with E-state index in [0.717, 1.165) is 35.9 Å². The first-order chi connectivity index (χ1) is 11.7. The van der Waals surface area contributed by atoms with Crippen molar-refractivity contribution in [1.82, 2.24) is 14.9 Å². The fraction of sp³-hybridized carbons (Fsp3) is 0.588. The highest BCUT2D eigenvalue weighted by molar-refractivity contribution is 8.00. The number of thioether (sulfide) groups is 1. The molecule has 25 heavy (non-hydrogen) atoms. The van der Waals surface area contributed by atoms with Crippen LogP contribution in [0.1, 0.15) is 25.0 Å². The molecule has 6 nitrogen and oxygen atoms in total. The molecule has 0 aliphatic carbocycles. The molecule has 140 valence electrons. The molecule has 0 radical (unpaired) electrons. The van der Waals surface area contributed by atoms with Crippen molar-refractivity contribution in [2.75, 3.05) is 32.9 Å². The Hall–Kier alpha value is -1.25. The van der Waals surface area contributed by atoms with E-state index in [9.17, 15) is 8.42 Å². The van der Waals surface area contributed by atoms with Crippen LogP contribution in [-0.4, -0.2) is 57.0 Å². The van der Waals surface area contributed by atoms with Gasteiger partial charge < -0.3 is 10.2 Å². The predicted molar refractivity (Wildman–Crippen MR) is 106 cm³/mol. The van der Waals surface area contributed by atoms with Gasteiger partial charge in [-0.25, -0.2) is 13.1 Å². The first-order valence-electron chi connectivity index (χ1n) is 8.33. The average molecular weight is 385 g/mol. The van der Waals surface area contributed by atoms with E-state index in [1.54, 1.807) is 7.05 Å². The molecule has 1 aliphatic rings. The Morgan fingerprint density at radius 3 is 2.72 bits per heavy atom. The fourth-order valence-corrected chi connectivity index (χ4v) is 4.71. The van der Waals surface area contributed by atoms with Gasteiger partial charge in [-0.1, -0.05) is 24.3 Å². The lowest BCUT2D eigenvalue weighted by Gasteiger charge is -2.39. The molecule has 0 unspecified atom stereocenters. The minimum absolute atomic E-state index is 0.0103. The summed E-state index contributed by atoms with van der Waals surface area (Å²) in [5, 5.41) is 3.40. The van der Waals surface area contributed by atoms with Crippen LogP contribution in [0.2, 0.25) is 0 Å². The van der Waals surface area contributed by atoms with Crippen LogP contribution in [0.4, 0.5) is 0 Å². The third kappa shape index (κ3) is 6.20. The van der Waals surface area contributed by atoms with Crippen molar-refractivity contribution in [2.24, 2.45) is 4.99 Å². The van der Waals surface area contributed by atoms with Crippen LogP contribution >= 0.6 is 11.8 Å². The highest BCUT2D eigenvalue weighted by Crippen LogP contribution is 2.29. The summed E-state index contributed by atoms with van der Waals surface area (Å²) >= 11 is 1.99. The van der Waals surface area contributed by atoms with E-state index < -0.39 is 10.0 Å². The molecule has 8 heteroatoms. The monoisotopic (exact) mass is 384 g/mol. The second-order valence-electron chi connectivity index (χ2n) is 6.71. The maximum absolute atomic E-state index is 11.7. The van der Waals surface area contributed by atoms with Crippen molar-refractivity contribution in [3.8, 4) is 0 Å². The normalized spacial score (nSPS) is 18.2. The van der Waals surface area contributed by atoms with Gasteiger partial charge in [-0.2, -0.15) is 11.8 Å². The fourth-order valence-electron chi connectivity index (χ4n) is 2.83. The van der Waals surface area contributed by atoms with E-state index in [1.165, 1.54) is 7.05 Å². The maximum Gasteiger partial charge on any atom is 0.215 e. The molecule has 2 rings (SSSR count). The van der Waals surface area contributed by atoms with Crippen molar-refractivity contribution in [1.29, 1.82) is 0 Å². The van der Waals surface area contributed by atoms with Gasteiger partial charge in [0, 0.05) is 37.2 Å². The summed E-state index contributed by atoms with van der Waals surface area (Å²) in [6, 6.07) is 7.63. The number of nitrogens with zero attached hydrogens (tertiary/aromatic N) is 2. The van der Waals surface area contributed by atoms with Gasteiger partial charge in [0.1, 0.15) is 0 Å². The molecule has 0 amide bonds. The minimum Gasteiger partial charge on any atom is -0.352 e.